The Balaban J connectivity index is 1.95. The van der Waals surface area contributed by atoms with Crippen LogP contribution in [0, 0.1) is 13.8 Å². The average molecular weight is 228 g/mol. The second-order valence-corrected chi connectivity index (χ2v) is 4.47. The predicted molar refractivity (Wildman–Crippen MR) is 69.4 cm³/mol. The summed E-state index contributed by atoms with van der Waals surface area (Å²) >= 11 is 0. The van der Waals surface area contributed by atoms with Crippen LogP contribution in [0.3, 0.4) is 0 Å². The molecule has 3 N–H and O–H groups in total. The van der Waals surface area contributed by atoms with Gasteiger partial charge in [-0.25, -0.2) is 0 Å². The van der Waals surface area contributed by atoms with Crippen LogP contribution in [0.15, 0.2) is 24.3 Å². The fourth-order valence-electron chi connectivity index (χ4n) is 2.46. The number of hydrogen-bond acceptors (Lipinski definition) is 3. The van der Waals surface area contributed by atoms with E-state index in [9.17, 15) is 0 Å². The molecule has 88 valence electrons. The van der Waals surface area contributed by atoms with Crippen LogP contribution in [0.4, 0.5) is 11.4 Å². The fourth-order valence-corrected chi connectivity index (χ4v) is 2.46. The van der Waals surface area contributed by atoms with E-state index in [1.807, 2.05) is 19.1 Å². The number of anilines is 2. The van der Waals surface area contributed by atoms with Gasteiger partial charge in [0.1, 0.15) is 0 Å². The third-order valence-electron chi connectivity index (χ3n) is 3.29. The molecule has 2 heterocycles. The Morgan fingerprint density at radius 1 is 1.18 bits per heavy atom. The Labute approximate surface area is 100 Å². The highest BCUT2D eigenvalue weighted by atomic mass is 15.1. The minimum absolute atomic E-state index is 0.281. The van der Waals surface area contributed by atoms with Crippen LogP contribution in [0.1, 0.15) is 23.0 Å². The van der Waals surface area contributed by atoms with Crippen LogP contribution >= 0.6 is 0 Å². The number of aromatic amines is 1. The first-order valence-corrected chi connectivity index (χ1v) is 5.86. The highest BCUT2D eigenvalue weighted by molar-refractivity contribution is 5.71. The van der Waals surface area contributed by atoms with Gasteiger partial charge in [0, 0.05) is 17.8 Å². The van der Waals surface area contributed by atoms with Crippen molar-refractivity contribution in [3.63, 3.8) is 0 Å². The van der Waals surface area contributed by atoms with Crippen LogP contribution in [-0.2, 0) is 0 Å². The highest BCUT2D eigenvalue weighted by Gasteiger charge is 2.22. The van der Waals surface area contributed by atoms with Gasteiger partial charge in [-0.3, -0.25) is 5.10 Å². The summed E-state index contributed by atoms with van der Waals surface area (Å²) in [4.78, 5) is 0. The molecular weight excluding hydrogens is 212 g/mol. The van der Waals surface area contributed by atoms with Gasteiger partial charge in [0.2, 0.25) is 0 Å². The van der Waals surface area contributed by atoms with E-state index in [0.717, 1.165) is 23.6 Å². The molecule has 1 aromatic heterocycles. The zero-order valence-corrected chi connectivity index (χ0v) is 10.0. The first-order chi connectivity index (χ1) is 8.25. The molecule has 0 aliphatic carbocycles. The van der Waals surface area contributed by atoms with E-state index in [2.05, 4.69) is 39.9 Å². The summed E-state index contributed by atoms with van der Waals surface area (Å²) in [6.07, 6.45) is 0. The van der Waals surface area contributed by atoms with E-state index in [1.54, 1.807) is 0 Å². The third kappa shape index (κ3) is 1.65. The van der Waals surface area contributed by atoms with Gasteiger partial charge in [0.25, 0.3) is 0 Å². The molecule has 17 heavy (non-hydrogen) atoms. The van der Waals surface area contributed by atoms with Crippen LogP contribution in [-0.4, -0.2) is 16.7 Å². The summed E-state index contributed by atoms with van der Waals surface area (Å²) in [6.45, 7) is 5.00. The molecule has 2 aromatic rings. The Hall–Kier alpha value is -1.97. The molecule has 0 saturated carbocycles. The van der Waals surface area contributed by atoms with Gasteiger partial charge in [-0.15, -0.1) is 0 Å². The van der Waals surface area contributed by atoms with Gasteiger partial charge < -0.3 is 10.6 Å². The Morgan fingerprint density at radius 3 is 2.65 bits per heavy atom. The molecule has 0 spiro atoms. The number of fused-ring (bicyclic) bond motifs is 1. The van der Waals surface area contributed by atoms with Crippen molar-refractivity contribution in [3.05, 3.63) is 41.2 Å². The van der Waals surface area contributed by atoms with E-state index < -0.39 is 0 Å². The summed E-state index contributed by atoms with van der Waals surface area (Å²) in [5.41, 5.74) is 5.81. The van der Waals surface area contributed by atoms with Gasteiger partial charge >= 0.3 is 0 Å². The summed E-state index contributed by atoms with van der Waals surface area (Å²) < 4.78 is 0. The molecule has 1 aliphatic heterocycles. The molecule has 0 saturated heterocycles. The van der Waals surface area contributed by atoms with E-state index >= 15 is 0 Å². The number of rotatable bonds is 1. The smallest absolute Gasteiger partial charge is 0.0723 e. The first kappa shape index (κ1) is 10.2. The van der Waals surface area contributed by atoms with Gasteiger partial charge in [-0.05, 0) is 26.0 Å². The van der Waals surface area contributed by atoms with Gasteiger partial charge in [0.05, 0.1) is 23.1 Å². The number of benzene rings is 1. The predicted octanol–water partition coefficient (Wildman–Crippen LogP) is 2.61. The molecule has 1 unspecified atom stereocenters. The summed E-state index contributed by atoms with van der Waals surface area (Å²) in [6, 6.07) is 8.56. The number of H-pyrrole nitrogens is 1. The minimum Gasteiger partial charge on any atom is -0.381 e. The molecular formula is C13H16N4. The molecule has 4 heteroatoms. The second-order valence-electron chi connectivity index (χ2n) is 4.47. The largest absolute Gasteiger partial charge is 0.381 e. The monoisotopic (exact) mass is 228 g/mol. The van der Waals surface area contributed by atoms with Crippen molar-refractivity contribution in [1.82, 2.24) is 10.2 Å². The Bertz CT molecular complexity index is 525. The topological polar surface area (TPSA) is 52.7 Å². The first-order valence-electron chi connectivity index (χ1n) is 5.86. The number of hydrogen-bond donors (Lipinski definition) is 3. The SMILES string of the molecule is Cc1n[nH]c(C)c1C1CNc2ccccc2N1. The van der Waals surface area contributed by atoms with Gasteiger partial charge in [-0.2, -0.15) is 5.10 Å². The zero-order valence-electron chi connectivity index (χ0n) is 10.0. The van der Waals surface area contributed by atoms with Crippen LogP contribution < -0.4 is 10.6 Å². The maximum Gasteiger partial charge on any atom is 0.0723 e. The number of para-hydroxylation sites is 2. The van der Waals surface area contributed by atoms with Gasteiger partial charge in [0.15, 0.2) is 0 Å². The molecule has 0 bridgehead atoms. The van der Waals surface area contributed by atoms with Crippen molar-refractivity contribution < 1.29 is 0 Å². The number of aryl methyl sites for hydroxylation is 2. The van der Waals surface area contributed by atoms with Crippen LogP contribution in [0.5, 0.6) is 0 Å². The lowest BCUT2D eigenvalue weighted by Gasteiger charge is -2.28. The average Bonchev–Trinajstić information content (AvgIpc) is 2.68. The van der Waals surface area contributed by atoms with Crippen molar-refractivity contribution in [2.45, 2.75) is 19.9 Å². The second kappa shape index (κ2) is 3.80. The lowest BCUT2D eigenvalue weighted by Crippen LogP contribution is -2.26. The van der Waals surface area contributed by atoms with Crippen molar-refractivity contribution in [2.75, 3.05) is 17.2 Å². The van der Waals surface area contributed by atoms with E-state index in [1.165, 1.54) is 11.3 Å². The van der Waals surface area contributed by atoms with Gasteiger partial charge in [-0.1, -0.05) is 12.1 Å². The highest BCUT2D eigenvalue weighted by Crippen LogP contribution is 2.32. The third-order valence-corrected chi connectivity index (χ3v) is 3.29. The standard InChI is InChI=1S/C13H16N4/c1-8-13(9(2)17-16-8)12-7-14-10-5-3-4-6-11(10)15-12/h3-6,12,14-15H,7H2,1-2H3,(H,16,17). The van der Waals surface area contributed by atoms with Crippen LogP contribution in [0.2, 0.25) is 0 Å². The lowest BCUT2D eigenvalue weighted by atomic mass is 10.0. The molecule has 1 aromatic carbocycles. The minimum atomic E-state index is 0.281. The molecule has 0 radical (unpaired) electrons. The molecule has 0 amide bonds. The zero-order chi connectivity index (χ0) is 11.8. The number of nitrogens with zero attached hydrogens (tertiary/aromatic N) is 1. The lowest BCUT2D eigenvalue weighted by molar-refractivity contribution is 0.791. The number of nitrogens with one attached hydrogen (secondary N) is 3. The normalized spacial score (nSPS) is 18.1. The summed E-state index contributed by atoms with van der Waals surface area (Å²) in [5, 5.41) is 14.3. The van der Waals surface area contributed by atoms with E-state index in [-0.39, 0.29) is 6.04 Å². The van der Waals surface area contributed by atoms with E-state index in [4.69, 9.17) is 0 Å². The Morgan fingerprint density at radius 2 is 1.94 bits per heavy atom. The van der Waals surface area contributed by atoms with Crippen molar-refractivity contribution in [2.24, 2.45) is 0 Å². The van der Waals surface area contributed by atoms with Crippen molar-refractivity contribution >= 4 is 11.4 Å². The van der Waals surface area contributed by atoms with Crippen molar-refractivity contribution in [3.8, 4) is 0 Å². The number of aromatic nitrogens is 2. The molecule has 0 fully saturated rings. The maximum atomic E-state index is 4.25. The summed E-state index contributed by atoms with van der Waals surface area (Å²) in [7, 11) is 0. The van der Waals surface area contributed by atoms with E-state index in [0.29, 0.717) is 0 Å². The fraction of sp³-hybridized carbons (Fsp3) is 0.308. The van der Waals surface area contributed by atoms with Crippen LogP contribution in [0.25, 0.3) is 0 Å². The van der Waals surface area contributed by atoms with Crippen molar-refractivity contribution in [1.29, 1.82) is 0 Å². The maximum absolute atomic E-state index is 4.25. The quantitative estimate of drug-likeness (QED) is 0.703. The molecule has 1 atom stereocenters. The Kier molecular flexibility index (Phi) is 2.28. The summed E-state index contributed by atoms with van der Waals surface area (Å²) in [5.74, 6) is 0. The molecule has 1 aliphatic rings. The molecule has 4 nitrogen and oxygen atoms in total. The molecule has 3 rings (SSSR count).